The Morgan fingerprint density at radius 3 is 2.29 bits per heavy atom. The SMILES string of the molecule is Cc1ncc(-c2ccc(OC[C@@H](C)Oc3ccccc3)cn2)c(N2CCC(C)(C)CC2)c1[C@H](OC(C)(C)C)C(=O)O. The van der Waals surface area contributed by atoms with Crippen LogP contribution in [0.25, 0.3) is 11.3 Å². The highest BCUT2D eigenvalue weighted by Crippen LogP contribution is 2.43. The predicted molar refractivity (Wildman–Crippen MR) is 161 cm³/mol. The summed E-state index contributed by atoms with van der Waals surface area (Å²) in [4.78, 5) is 24.2. The van der Waals surface area contributed by atoms with Crippen LogP contribution >= 0.6 is 0 Å². The van der Waals surface area contributed by atoms with E-state index in [0.29, 0.717) is 29.3 Å². The summed E-state index contributed by atoms with van der Waals surface area (Å²) in [6, 6.07) is 13.4. The largest absolute Gasteiger partial charge is 0.488 e. The number of ether oxygens (including phenoxy) is 3. The van der Waals surface area contributed by atoms with Gasteiger partial charge in [0.2, 0.25) is 0 Å². The smallest absolute Gasteiger partial charge is 0.337 e. The van der Waals surface area contributed by atoms with Crippen molar-refractivity contribution in [2.45, 2.75) is 79.1 Å². The lowest BCUT2D eigenvalue weighted by Crippen LogP contribution is -2.39. The average Bonchev–Trinajstić information content (AvgIpc) is 2.91. The van der Waals surface area contributed by atoms with Crippen molar-refractivity contribution in [2.24, 2.45) is 5.41 Å². The van der Waals surface area contributed by atoms with Crippen molar-refractivity contribution in [3.63, 3.8) is 0 Å². The number of anilines is 1. The van der Waals surface area contributed by atoms with Crippen LogP contribution in [-0.2, 0) is 9.53 Å². The van der Waals surface area contributed by atoms with Gasteiger partial charge in [0.15, 0.2) is 6.10 Å². The molecule has 1 N–H and O–H groups in total. The number of aryl methyl sites for hydroxylation is 1. The van der Waals surface area contributed by atoms with Gasteiger partial charge in [0.1, 0.15) is 24.2 Å². The van der Waals surface area contributed by atoms with E-state index >= 15 is 0 Å². The van der Waals surface area contributed by atoms with E-state index < -0.39 is 17.7 Å². The number of hydrogen-bond acceptors (Lipinski definition) is 7. The average molecular weight is 562 g/mol. The second kappa shape index (κ2) is 12.5. The van der Waals surface area contributed by atoms with Gasteiger partial charge in [-0.15, -0.1) is 0 Å². The molecule has 1 aromatic carbocycles. The van der Waals surface area contributed by atoms with Crippen LogP contribution in [0.3, 0.4) is 0 Å². The quantitative estimate of drug-likeness (QED) is 0.287. The van der Waals surface area contributed by atoms with Crippen molar-refractivity contribution in [3.8, 4) is 22.8 Å². The summed E-state index contributed by atoms with van der Waals surface area (Å²) in [6.07, 6.45) is 4.16. The zero-order chi connectivity index (χ0) is 29.8. The fourth-order valence-electron chi connectivity index (χ4n) is 4.98. The van der Waals surface area contributed by atoms with E-state index in [1.807, 2.05) is 77.1 Å². The predicted octanol–water partition coefficient (Wildman–Crippen LogP) is 6.87. The summed E-state index contributed by atoms with van der Waals surface area (Å²) >= 11 is 0. The highest BCUT2D eigenvalue weighted by molar-refractivity contribution is 5.85. The summed E-state index contributed by atoms with van der Waals surface area (Å²) in [5.41, 5.74) is 3.09. The number of carbonyl (C=O) groups is 1. The summed E-state index contributed by atoms with van der Waals surface area (Å²) < 4.78 is 18.0. The minimum atomic E-state index is -1.17. The molecule has 0 amide bonds. The Labute approximate surface area is 243 Å². The Kier molecular flexibility index (Phi) is 9.22. The van der Waals surface area contributed by atoms with Gasteiger partial charge in [-0.05, 0) is 77.1 Å². The molecular weight excluding hydrogens is 518 g/mol. The highest BCUT2D eigenvalue weighted by atomic mass is 16.5. The van der Waals surface area contributed by atoms with Crippen LogP contribution in [0, 0.1) is 12.3 Å². The molecule has 41 heavy (non-hydrogen) atoms. The van der Waals surface area contributed by atoms with Gasteiger partial charge in [-0.2, -0.15) is 0 Å². The molecule has 0 saturated carbocycles. The maximum absolute atomic E-state index is 12.6. The fourth-order valence-corrected chi connectivity index (χ4v) is 4.98. The normalized spacial score (nSPS) is 16.6. The maximum Gasteiger partial charge on any atom is 0.337 e. The first kappa shape index (κ1) is 30.3. The molecular formula is C33H43N3O5. The molecule has 3 heterocycles. The third-order valence-electron chi connectivity index (χ3n) is 7.26. The molecule has 1 saturated heterocycles. The minimum absolute atomic E-state index is 0.147. The van der Waals surface area contributed by atoms with E-state index in [2.05, 4.69) is 23.7 Å². The minimum Gasteiger partial charge on any atom is -0.488 e. The van der Waals surface area contributed by atoms with Crippen molar-refractivity contribution in [1.82, 2.24) is 9.97 Å². The van der Waals surface area contributed by atoms with Crippen LogP contribution in [0.15, 0.2) is 54.9 Å². The third-order valence-corrected chi connectivity index (χ3v) is 7.26. The first-order valence-electron chi connectivity index (χ1n) is 14.3. The Morgan fingerprint density at radius 2 is 1.71 bits per heavy atom. The molecule has 8 heteroatoms. The standard InChI is InChI=1S/C33H43N3O5/c1-22(40-24-11-9-8-10-12-24)21-39-25-13-14-27(35-19-25)26-20-34-23(2)28(30(31(37)38)41-32(3,4)5)29(26)36-17-15-33(6,7)16-18-36/h8-14,19-20,22,30H,15-18,21H2,1-7H3,(H,37,38)/t22-,30+/m1/s1. The van der Waals surface area contributed by atoms with Crippen LogP contribution in [-0.4, -0.2) is 52.4 Å². The molecule has 4 rings (SSSR count). The second-order valence-corrected chi connectivity index (χ2v) is 12.6. The molecule has 1 aliphatic rings. The van der Waals surface area contributed by atoms with Crippen molar-refractivity contribution in [3.05, 3.63) is 66.1 Å². The Balaban J connectivity index is 1.65. The molecule has 1 fully saturated rings. The van der Waals surface area contributed by atoms with Gasteiger partial charge in [-0.3, -0.25) is 9.97 Å². The van der Waals surface area contributed by atoms with Crippen molar-refractivity contribution in [2.75, 3.05) is 24.6 Å². The molecule has 8 nitrogen and oxygen atoms in total. The first-order chi connectivity index (χ1) is 19.3. The van der Waals surface area contributed by atoms with E-state index in [4.69, 9.17) is 19.2 Å². The summed E-state index contributed by atoms with van der Waals surface area (Å²) in [6.45, 7) is 15.9. The molecule has 0 unspecified atom stereocenters. The number of rotatable bonds is 10. The number of piperidine rings is 1. The number of aliphatic carboxylic acids is 1. The van der Waals surface area contributed by atoms with E-state index in [1.165, 1.54) is 0 Å². The number of para-hydroxylation sites is 1. The first-order valence-corrected chi connectivity index (χ1v) is 14.3. The lowest BCUT2D eigenvalue weighted by molar-refractivity contribution is -0.160. The summed E-state index contributed by atoms with van der Waals surface area (Å²) in [5.74, 6) is 0.380. The van der Waals surface area contributed by atoms with Gasteiger partial charge in [0, 0.05) is 36.1 Å². The van der Waals surface area contributed by atoms with Crippen LogP contribution < -0.4 is 14.4 Å². The zero-order valence-corrected chi connectivity index (χ0v) is 25.3. The van der Waals surface area contributed by atoms with Crippen LogP contribution in [0.1, 0.15) is 71.7 Å². The Morgan fingerprint density at radius 1 is 1.02 bits per heavy atom. The van der Waals surface area contributed by atoms with Gasteiger partial charge in [0.25, 0.3) is 0 Å². The number of carboxylic acid groups (broad SMARTS) is 1. The van der Waals surface area contributed by atoms with E-state index in [1.54, 1.807) is 12.4 Å². The van der Waals surface area contributed by atoms with Gasteiger partial charge in [0.05, 0.1) is 23.2 Å². The molecule has 0 spiro atoms. The number of benzene rings is 1. The van der Waals surface area contributed by atoms with Gasteiger partial charge < -0.3 is 24.2 Å². The van der Waals surface area contributed by atoms with E-state index in [9.17, 15) is 9.90 Å². The van der Waals surface area contributed by atoms with E-state index in [0.717, 1.165) is 42.9 Å². The number of nitrogens with zero attached hydrogens (tertiary/aromatic N) is 3. The van der Waals surface area contributed by atoms with Crippen LogP contribution in [0.5, 0.6) is 11.5 Å². The molecule has 0 aliphatic carbocycles. The van der Waals surface area contributed by atoms with Gasteiger partial charge >= 0.3 is 5.97 Å². The van der Waals surface area contributed by atoms with E-state index in [-0.39, 0.29) is 11.5 Å². The van der Waals surface area contributed by atoms with Crippen molar-refractivity contribution >= 4 is 11.7 Å². The molecule has 1 aliphatic heterocycles. The number of pyridine rings is 2. The van der Waals surface area contributed by atoms with Crippen molar-refractivity contribution in [1.29, 1.82) is 0 Å². The highest BCUT2D eigenvalue weighted by Gasteiger charge is 2.36. The topological polar surface area (TPSA) is 94.0 Å². The second-order valence-electron chi connectivity index (χ2n) is 12.6. The lowest BCUT2D eigenvalue weighted by atomic mass is 9.82. The van der Waals surface area contributed by atoms with Crippen molar-refractivity contribution < 1.29 is 24.1 Å². The molecule has 2 atom stereocenters. The fraction of sp³-hybridized carbons (Fsp3) is 0.485. The van der Waals surface area contributed by atoms with Crippen LogP contribution in [0.2, 0.25) is 0 Å². The zero-order valence-electron chi connectivity index (χ0n) is 25.3. The number of aromatic nitrogens is 2. The molecule has 3 aromatic rings. The molecule has 220 valence electrons. The monoisotopic (exact) mass is 561 g/mol. The Bertz CT molecular complexity index is 1310. The van der Waals surface area contributed by atoms with Gasteiger partial charge in [-0.1, -0.05) is 32.0 Å². The number of carboxylic acids is 1. The lowest BCUT2D eigenvalue weighted by Gasteiger charge is -2.40. The number of hydrogen-bond donors (Lipinski definition) is 1. The molecule has 0 bridgehead atoms. The van der Waals surface area contributed by atoms with Crippen LogP contribution in [0.4, 0.5) is 5.69 Å². The summed E-state index contributed by atoms with van der Waals surface area (Å²) in [7, 11) is 0. The molecule has 0 radical (unpaired) electrons. The third kappa shape index (κ3) is 7.97. The Hall–Kier alpha value is -3.65. The van der Waals surface area contributed by atoms with Gasteiger partial charge in [-0.25, -0.2) is 4.79 Å². The molecule has 2 aromatic heterocycles. The summed E-state index contributed by atoms with van der Waals surface area (Å²) in [5, 5.41) is 10.3. The maximum atomic E-state index is 12.6.